The maximum Gasteiger partial charge on any atom is 0.326 e. The van der Waals surface area contributed by atoms with Crippen LogP contribution in [0.5, 0.6) is 0 Å². The molecule has 6 heteroatoms. The molecule has 1 rings (SSSR count). The standard InChI is InChI=1S/C14H23NO5/c1-8(2)6-11(17)13(18)15-12(14(19)20)9-4-3-5-10(16)7-9/h8-9,11-12,17H,3-7H2,1-2H3,(H,15,18)(H,19,20)/t9-,11+,12+/m1/s1. The first kappa shape index (κ1) is 16.6. The van der Waals surface area contributed by atoms with E-state index in [4.69, 9.17) is 0 Å². The molecule has 1 aliphatic carbocycles. The van der Waals surface area contributed by atoms with Crippen LogP contribution in [0.25, 0.3) is 0 Å². The minimum Gasteiger partial charge on any atom is -0.480 e. The molecule has 0 aromatic heterocycles. The van der Waals surface area contributed by atoms with Gasteiger partial charge in [-0.05, 0) is 31.1 Å². The number of Topliss-reactive ketones (excluding diaryl/α,β-unsaturated/α-hetero) is 1. The van der Waals surface area contributed by atoms with Crippen molar-refractivity contribution in [2.45, 2.75) is 58.1 Å². The summed E-state index contributed by atoms with van der Waals surface area (Å²) < 4.78 is 0. The predicted molar refractivity (Wildman–Crippen MR) is 72.0 cm³/mol. The van der Waals surface area contributed by atoms with Crippen LogP contribution in [0.1, 0.15) is 46.0 Å². The van der Waals surface area contributed by atoms with Gasteiger partial charge in [-0.3, -0.25) is 9.59 Å². The van der Waals surface area contributed by atoms with Gasteiger partial charge in [0.05, 0.1) is 0 Å². The predicted octanol–water partition coefficient (Wildman–Crippen LogP) is 0.722. The van der Waals surface area contributed by atoms with E-state index in [9.17, 15) is 24.6 Å². The molecule has 0 unspecified atom stereocenters. The molecule has 3 atom stereocenters. The lowest BCUT2D eigenvalue weighted by atomic mass is 9.83. The zero-order valence-electron chi connectivity index (χ0n) is 12.0. The van der Waals surface area contributed by atoms with Gasteiger partial charge in [0, 0.05) is 12.8 Å². The van der Waals surface area contributed by atoms with Crippen LogP contribution < -0.4 is 5.32 Å². The number of carbonyl (C=O) groups excluding carboxylic acids is 2. The van der Waals surface area contributed by atoms with Crippen molar-refractivity contribution in [2.24, 2.45) is 11.8 Å². The Labute approximate surface area is 118 Å². The average Bonchev–Trinajstić information content (AvgIpc) is 2.34. The Morgan fingerprint density at radius 2 is 2.05 bits per heavy atom. The molecule has 0 bridgehead atoms. The lowest BCUT2D eigenvalue weighted by Crippen LogP contribution is -2.50. The fourth-order valence-corrected chi connectivity index (χ4v) is 2.53. The van der Waals surface area contributed by atoms with Crippen LogP contribution in [-0.4, -0.2) is 40.0 Å². The maximum absolute atomic E-state index is 11.8. The number of aliphatic hydroxyl groups excluding tert-OH is 1. The van der Waals surface area contributed by atoms with Gasteiger partial charge in [-0.1, -0.05) is 13.8 Å². The van der Waals surface area contributed by atoms with Crippen molar-refractivity contribution in [3.8, 4) is 0 Å². The van der Waals surface area contributed by atoms with Gasteiger partial charge in [-0.25, -0.2) is 4.79 Å². The number of carboxylic acids is 1. The fourth-order valence-electron chi connectivity index (χ4n) is 2.53. The highest BCUT2D eigenvalue weighted by Gasteiger charge is 2.34. The zero-order chi connectivity index (χ0) is 15.3. The Morgan fingerprint density at radius 3 is 2.55 bits per heavy atom. The molecule has 0 spiro atoms. The monoisotopic (exact) mass is 285 g/mol. The van der Waals surface area contributed by atoms with Crippen molar-refractivity contribution < 1.29 is 24.6 Å². The second-order valence-electron chi connectivity index (χ2n) is 5.86. The number of ketones is 1. The quantitative estimate of drug-likeness (QED) is 0.667. The molecule has 20 heavy (non-hydrogen) atoms. The van der Waals surface area contributed by atoms with E-state index in [1.165, 1.54) is 0 Å². The summed E-state index contributed by atoms with van der Waals surface area (Å²) >= 11 is 0. The highest BCUT2D eigenvalue weighted by molar-refractivity contribution is 5.87. The number of aliphatic carboxylic acids is 1. The van der Waals surface area contributed by atoms with Crippen LogP contribution in [0.4, 0.5) is 0 Å². The van der Waals surface area contributed by atoms with E-state index in [0.29, 0.717) is 19.3 Å². The van der Waals surface area contributed by atoms with Crippen molar-refractivity contribution in [3.63, 3.8) is 0 Å². The molecule has 0 saturated heterocycles. The lowest BCUT2D eigenvalue weighted by Gasteiger charge is -2.28. The number of hydrogen-bond donors (Lipinski definition) is 3. The molecule has 0 radical (unpaired) electrons. The van der Waals surface area contributed by atoms with E-state index < -0.39 is 24.0 Å². The zero-order valence-corrected chi connectivity index (χ0v) is 12.0. The third kappa shape index (κ3) is 4.92. The lowest BCUT2D eigenvalue weighted by molar-refractivity contribution is -0.146. The fraction of sp³-hybridized carbons (Fsp3) is 0.786. The van der Waals surface area contributed by atoms with E-state index >= 15 is 0 Å². The normalized spacial score (nSPS) is 22.4. The van der Waals surface area contributed by atoms with Gasteiger partial charge in [0.25, 0.3) is 0 Å². The van der Waals surface area contributed by atoms with Crippen LogP contribution in [0, 0.1) is 11.8 Å². The molecule has 3 N–H and O–H groups in total. The summed E-state index contributed by atoms with van der Waals surface area (Å²) in [5.41, 5.74) is 0. The topological polar surface area (TPSA) is 104 Å². The molecular weight excluding hydrogens is 262 g/mol. The molecule has 114 valence electrons. The SMILES string of the molecule is CC(C)C[C@H](O)C(=O)N[C@H](C(=O)O)[C@@H]1CCCC(=O)C1. The summed E-state index contributed by atoms with van der Waals surface area (Å²) in [6.45, 7) is 3.73. The molecule has 1 fully saturated rings. The van der Waals surface area contributed by atoms with Crippen LogP contribution in [0.15, 0.2) is 0 Å². The number of carboxylic acid groups (broad SMARTS) is 1. The summed E-state index contributed by atoms with van der Waals surface area (Å²) in [7, 11) is 0. The largest absolute Gasteiger partial charge is 0.480 e. The molecule has 6 nitrogen and oxygen atoms in total. The van der Waals surface area contributed by atoms with Gasteiger partial charge >= 0.3 is 5.97 Å². The van der Waals surface area contributed by atoms with Gasteiger partial charge in [0.1, 0.15) is 17.9 Å². The highest BCUT2D eigenvalue weighted by Crippen LogP contribution is 2.24. The van der Waals surface area contributed by atoms with Crippen LogP contribution in [-0.2, 0) is 14.4 Å². The average molecular weight is 285 g/mol. The van der Waals surface area contributed by atoms with E-state index in [0.717, 1.165) is 0 Å². The number of aliphatic hydroxyl groups is 1. The number of amides is 1. The minimum absolute atomic E-state index is 0.0319. The summed E-state index contributed by atoms with van der Waals surface area (Å²) in [6, 6.07) is -1.10. The summed E-state index contributed by atoms with van der Waals surface area (Å²) in [4.78, 5) is 34.5. The van der Waals surface area contributed by atoms with E-state index in [1.54, 1.807) is 0 Å². The first-order chi connectivity index (χ1) is 9.31. The second-order valence-corrected chi connectivity index (χ2v) is 5.86. The van der Waals surface area contributed by atoms with Crippen molar-refractivity contribution in [2.75, 3.05) is 0 Å². The Hall–Kier alpha value is -1.43. The molecule has 0 aromatic carbocycles. The smallest absolute Gasteiger partial charge is 0.326 e. The number of rotatable bonds is 6. The first-order valence-electron chi connectivity index (χ1n) is 7.04. The Bertz CT molecular complexity index is 380. The molecule has 0 aliphatic heterocycles. The first-order valence-corrected chi connectivity index (χ1v) is 7.04. The number of nitrogens with one attached hydrogen (secondary N) is 1. The third-order valence-electron chi connectivity index (χ3n) is 3.55. The van der Waals surface area contributed by atoms with Crippen molar-refractivity contribution in [1.29, 1.82) is 0 Å². The van der Waals surface area contributed by atoms with Crippen molar-refractivity contribution in [1.82, 2.24) is 5.32 Å². The van der Waals surface area contributed by atoms with E-state index in [-0.39, 0.29) is 30.5 Å². The van der Waals surface area contributed by atoms with Crippen molar-refractivity contribution >= 4 is 17.7 Å². The van der Waals surface area contributed by atoms with Crippen LogP contribution in [0.3, 0.4) is 0 Å². The van der Waals surface area contributed by atoms with Gasteiger partial charge in [-0.15, -0.1) is 0 Å². The Kier molecular flexibility index (Phi) is 6.13. The maximum atomic E-state index is 11.8. The second kappa shape index (κ2) is 7.38. The summed E-state index contributed by atoms with van der Waals surface area (Å²) in [5.74, 6) is -2.05. The van der Waals surface area contributed by atoms with E-state index in [1.807, 2.05) is 13.8 Å². The minimum atomic E-state index is -1.21. The van der Waals surface area contributed by atoms with Crippen LogP contribution >= 0.6 is 0 Å². The molecule has 1 amide bonds. The van der Waals surface area contributed by atoms with Gasteiger partial charge in [-0.2, -0.15) is 0 Å². The molecule has 0 aromatic rings. The van der Waals surface area contributed by atoms with Crippen molar-refractivity contribution in [3.05, 3.63) is 0 Å². The Morgan fingerprint density at radius 1 is 1.40 bits per heavy atom. The van der Waals surface area contributed by atoms with Crippen LogP contribution in [0.2, 0.25) is 0 Å². The molecule has 1 aliphatic rings. The molecular formula is C14H23NO5. The van der Waals surface area contributed by atoms with E-state index in [2.05, 4.69) is 5.32 Å². The van der Waals surface area contributed by atoms with Gasteiger partial charge in [0.15, 0.2) is 0 Å². The van der Waals surface area contributed by atoms with Gasteiger partial charge in [0.2, 0.25) is 5.91 Å². The third-order valence-corrected chi connectivity index (χ3v) is 3.55. The summed E-state index contributed by atoms with van der Waals surface area (Å²) in [5, 5.41) is 21.3. The number of hydrogen-bond acceptors (Lipinski definition) is 4. The molecule has 1 saturated carbocycles. The number of carbonyl (C=O) groups is 3. The highest BCUT2D eigenvalue weighted by atomic mass is 16.4. The van der Waals surface area contributed by atoms with Gasteiger partial charge < -0.3 is 15.5 Å². The Balaban J connectivity index is 2.65. The summed E-state index contributed by atoms with van der Waals surface area (Å²) in [6.07, 6.45) is 0.976. The molecule has 0 heterocycles.